The summed E-state index contributed by atoms with van der Waals surface area (Å²) in [4.78, 5) is 0. The van der Waals surface area contributed by atoms with Crippen LogP contribution in [-0.2, 0) is 13.5 Å². The molecule has 1 aliphatic carbocycles. The van der Waals surface area contributed by atoms with Crippen LogP contribution in [0, 0.1) is 0 Å². The Morgan fingerprint density at radius 1 is 0.875 bits per heavy atom. The molecular weight excluding hydrogens is 392 g/mol. The first-order valence-electron chi connectivity index (χ1n) is 11.6. The van der Waals surface area contributed by atoms with E-state index in [1.54, 1.807) is 0 Å². The average molecular weight is 423 g/mol. The Labute approximate surface area is 190 Å². The summed E-state index contributed by atoms with van der Waals surface area (Å²) in [5, 5.41) is 15.4. The standard InChI is InChI=1S/C29H30N2O/c1-31-29(28(32)9-5-8-21-6-3-2-4-7-21)27(20-30-31)26-18-16-25(17-19-26)24-14-12-23(13-15-24)22-10-11-22/h2-4,6-7,12-20,22,28,32H,5,8-11H2,1H3. The van der Waals surface area contributed by atoms with Crippen LogP contribution in [0.2, 0.25) is 0 Å². The molecule has 0 amide bonds. The molecule has 1 N–H and O–H groups in total. The maximum atomic E-state index is 11.0. The third-order valence-electron chi connectivity index (χ3n) is 6.57. The molecule has 1 atom stereocenters. The van der Waals surface area contributed by atoms with Gasteiger partial charge in [0.25, 0.3) is 0 Å². The molecule has 1 aromatic heterocycles. The van der Waals surface area contributed by atoms with Gasteiger partial charge in [-0.15, -0.1) is 0 Å². The lowest BCUT2D eigenvalue weighted by Gasteiger charge is -2.14. The van der Waals surface area contributed by atoms with Crippen LogP contribution in [0.3, 0.4) is 0 Å². The van der Waals surface area contributed by atoms with Gasteiger partial charge in [-0.3, -0.25) is 4.68 Å². The van der Waals surface area contributed by atoms with Gasteiger partial charge in [0.2, 0.25) is 0 Å². The van der Waals surface area contributed by atoms with E-state index >= 15 is 0 Å². The molecule has 0 spiro atoms. The first-order valence-corrected chi connectivity index (χ1v) is 11.6. The molecule has 5 rings (SSSR count). The van der Waals surface area contributed by atoms with Crippen molar-refractivity contribution in [1.29, 1.82) is 0 Å². The lowest BCUT2D eigenvalue weighted by Crippen LogP contribution is -2.07. The minimum absolute atomic E-state index is 0.532. The summed E-state index contributed by atoms with van der Waals surface area (Å²) in [6.07, 6.45) is 6.63. The summed E-state index contributed by atoms with van der Waals surface area (Å²) >= 11 is 0. The maximum absolute atomic E-state index is 11.0. The second-order valence-corrected chi connectivity index (χ2v) is 8.93. The van der Waals surface area contributed by atoms with E-state index in [1.165, 1.54) is 35.1 Å². The van der Waals surface area contributed by atoms with Crippen LogP contribution < -0.4 is 0 Å². The number of aliphatic hydroxyl groups is 1. The highest BCUT2D eigenvalue weighted by atomic mass is 16.3. The lowest BCUT2D eigenvalue weighted by molar-refractivity contribution is 0.156. The zero-order chi connectivity index (χ0) is 21.9. The van der Waals surface area contributed by atoms with Gasteiger partial charge in [0.1, 0.15) is 0 Å². The number of hydrogen-bond donors (Lipinski definition) is 1. The topological polar surface area (TPSA) is 38.0 Å². The number of benzene rings is 3. The highest BCUT2D eigenvalue weighted by Crippen LogP contribution is 2.40. The Bertz CT molecular complexity index is 1160. The zero-order valence-corrected chi connectivity index (χ0v) is 18.6. The van der Waals surface area contributed by atoms with Gasteiger partial charge in [-0.1, -0.05) is 78.9 Å². The minimum Gasteiger partial charge on any atom is -0.387 e. The van der Waals surface area contributed by atoms with E-state index in [4.69, 9.17) is 0 Å². The van der Waals surface area contributed by atoms with E-state index in [9.17, 15) is 5.11 Å². The first-order chi connectivity index (χ1) is 15.7. The minimum atomic E-state index is -0.532. The van der Waals surface area contributed by atoms with Crippen molar-refractivity contribution in [1.82, 2.24) is 9.78 Å². The molecule has 0 aliphatic heterocycles. The van der Waals surface area contributed by atoms with Crippen molar-refractivity contribution in [3.05, 3.63) is 102 Å². The quantitative estimate of drug-likeness (QED) is 0.344. The fourth-order valence-electron chi connectivity index (χ4n) is 4.55. The summed E-state index contributed by atoms with van der Waals surface area (Å²) < 4.78 is 1.81. The number of nitrogens with zero attached hydrogens (tertiary/aromatic N) is 2. The number of aryl methyl sites for hydroxylation is 2. The fraction of sp³-hybridized carbons (Fsp3) is 0.276. The van der Waals surface area contributed by atoms with Crippen molar-refractivity contribution in [3.8, 4) is 22.3 Å². The molecule has 3 nitrogen and oxygen atoms in total. The van der Waals surface area contributed by atoms with E-state index in [-0.39, 0.29) is 0 Å². The van der Waals surface area contributed by atoms with Crippen molar-refractivity contribution in [3.63, 3.8) is 0 Å². The van der Waals surface area contributed by atoms with Crippen LogP contribution in [0.4, 0.5) is 0 Å². The molecule has 0 radical (unpaired) electrons. The van der Waals surface area contributed by atoms with E-state index in [0.29, 0.717) is 6.42 Å². The number of rotatable bonds is 8. The van der Waals surface area contributed by atoms with Gasteiger partial charge in [-0.05, 0) is 65.8 Å². The molecule has 162 valence electrons. The summed E-state index contributed by atoms with van der Waals surface area (Å²) in [6, 6.07) is 28.1. The molecule has 4 aromatic rings. The Kier molecular flexibility index (Phi) is 5.91. The van der Waals surface area contributed by atoms with Crippen LogP contribution >= 0.6 is 0 Å². The Morgan fingerprint density at radius 3 is 2.16 bits per heavy atom. The molecule has 0 bridgehead atoms. The van der Waals surface area contributed by atoms with Crippen molar-refractivity contribution in [2.24, 2.45) is 7.05 Å². The van der Waals surface area contributed by atoms with Crippen molar-refractivity contribution >= 4 is 0 Å². The SMILES string of the molecule is Cn1ncc(-c2ccc(-c3ccc(C4CC4)cc3)cc2)c1C(O)CCCc1ccccc1. The monoisotopic (exact) mass is 422 g/mol. The van der Waals surface area contributed by atoms with Gasteiger partial charge in [-0.2, -0.15) is 5.10 Å². The second kappa shape index (κ2) is 9.13. The molecule has 1 heterocycles. The van der Waals surface area contributed by atoms with Gasteiger partial charge < -0.3 is 5.11 Å². The molecule has 1 aliphatic rings. The third-order valence-corrected chi connectivity index (χ3v) is 6.57. The number of aliphatic hydroxyl groups excluding tert-OH is 1. The zero-order valence-electron chi connectivity index (χ0n) is 18.6. The van der Waals surface area contributed by atoms with Gasteiger partial charge in [0.05, 0.1) is 18.0 Å². The summed E-state index contributed by atoms with van der Waals surface area (Å²) in [6.45, 7) is 0. The maximum Gasteiger partial charge on any atom is 0.0963 e. The second-order valence-electron chi connectivity index (χ2n) is 8.93. The number of aromatic nitrogens is 2. The van der Waals surface area contributed by atoms with Crippen LogP contribution in [0.15, 0.2) is 85.1 Å². The molecule has 32 heavy (non-hydrogen) atoms. The molecule has 0 saturated heterocycles. The van der Waals surface area contributed by atoms with Crippen LogP contribution in [0.1, 0.15) is 54.5 Å². The Balaban J connectivity index is 1.29. The summed E-state index contributed by atoms with van der Waals surface area (Å²) in [5.41, 5.74) is 8.22. The highest BCUT2D eigenvalue weighted by molar-refractivity contribution is 5.71. The lowest BCUT2D eigenvalue weighted by atomic mass is 9.97. The van der Waals surface area contributed by atoms with Gasteiger partial charge in [-0.25, -0.2) is 0 Å². The Hall–Kier alpha value is -3.17. The number of hydrogen-bond acceptors (Lipinski definition) is 2. The van der Waals surface area contributed by atoms with Crippen LogP contribution in [-0.4, -0.2) is 14.9 Å². The fourth-order valence-corrected chi connectivity index (χ4v) is 4.55. The smallest absolute Gasteiger partial charge is 0.0963 e. The first kappa shape index (κ1) is 20.7. The Morgan fingerprint density at radius 2 is 1.50 bits per heavy atom. The van der Waals surface area contributed by atoms with E-state index < -0.39 is 6.10 Å². The predicted molar refractivity (Wildman–Crippen MR) is 130 cm³/mol. The molecule has 3 aromatic carbocycles. The highest BCUT2D eigenvalue weighted by Gasteiger charge is 2.23. The van der Waals surface area contributed by atoms with Crippen molar-refractivity contribution in [2.75, 3.05) is 0 Å². The van der Waals surface area contributed by atoms with E-state index in [0.717, 1.165) is 35.6 Å². The molecule has 1 fully saturated rings. The summed E-state index contributed by atoms with van der Waals surface area (Å²) in [7, 11) is 1.91. The van der Waals surface area contributed by atoms with Crippen molar-refractivity contribution in [2.45, 2.75) is 44.1 Å². The third kappa shape index (κ3) is 4.53. The van der Waals surface area contributed by atoms with Gasteiger partial charge in [0, 0.05) is 12.6 Å². The molecule has 1 saturated carbocycles. The molecule has 3 heteroatoms. The van der Waals surface area contributed by atoms with Crippen LogP contribution in [0.25, 0.3) is 22.3 Å². The van der Waals surface area contributed by atoms with Gasteiger partial charge >= 0.3 is 0 Å². The molecule has 1 unspecified atom stereocenters. The molecular formula is C29H30N2O. The average Bonchev–Trinajstić information content (AvgIpc) is 3.61. The van der Waals surface area contributed by atoms with Gasteiger partial charge in [0.15, 0.2) is 0 Å². The summed E-state index contributed by atoms with van der Waals surface area (Å²) in [5.74, 6) is 0.787. The van der Waals surface area contributed by atoms with Crippen LogP contribution in [0.5, 0.6) is 0 Å². The van der Waals surface area contributed by atoms with E-state index in [1.807, 2.05) is 24.0 Å². The van der Waals surface area contributed by atoms with E-state index in [2.05, 4.69) is 77.9 Å². The van der Waals surface area contributed by atoms with Crippen molar-refractivity contribution < 1.29 is 5.11 Å². The predicted octanol–water partition coefficient (Wildman–Crippen LogP) is 6.69. The normalized spacial score (nSPS) is 14.4. The largest absolute Gasteiger partial charge is 0.387 e.